The van der Waals surface area contributed by atoms with E-state index in [0.29, 0.717) is 0 Å². The number of likely N-dealkylation sites (tertiary alicyclic amines) is 1. The largest absolute Gasteiger partial charge is 0.350 e. The average molecular weight is 461 g/mol. The van der Waals surface area contributed by atoms with Crippen molar-refractivity contribution in [1.82, 2.24) is 10.2 Å². The summed E-state index contributed by atoms with van der Waals surface area (Å²) in [7, 11) is -3.87. The fraction of sp³-hybridized carbons (Fsp3) is 0.409. The number of carbonyl (C=O) groups is 1. The molecule has 1 N–H and O–H groups in total. The minimum absolute atomic E-state index is 0.0683. The predicted octanol–water partition coefficient (Wildman–Crippen LogP) is 2.66. The van der Waals surface area contributed by atoms with E-state index in [2.05, 4.69) is 10.2 Å². The van der Waals surface area contributed by atoms with Gasteiger partial charge in [-0.2, -0.15) is 0 Å². The van der Waals surface area contributed by atoms with Crippen LogP contribution in [0, 0.1) is 10.1 Å². The van der Waals surface area contributed by atoms with E-state index in [0.717, 1.165) is 47.4 Å². The summed E-state index contributed by atoms with van der Waals surface area (Å²) in [6, 6.07) is 12.0. The van der Waals surface area contributed by atoms with Gasteiger partial charge >= 0.3 is 0 Å². The molecule has 0 radical (unpaired) electrons. The third kappa shape index (κ3) is 5.83. The Morgan fingerprint density at radius 1 is 1.16 bits per heavy atom. The number of carbonyl (C=O) groups excluding carboxylic acids is 1. The number of nitro benzene ring substituents is 1. The van der Waals surface area contributed by atoms with Crippen LogP contribution in [-0.4, -0.2) is 49.5 Å². The van der Waals surface area contributed by atoms with Crippen molar-refractivity contribution in [2.75, 3.05) is 23.7 Å². The van der Waals surface area contributed by atoms with E-state index < -0.39 is 26.9 Å². The van der Waals surface area contributed by atoms with Crippen molar-refractivity contribution < 1.29 is 18.1 Å². The Labute approximate surface area is 188 Å². The molecule has 1 amide bonds. The second-order valence-corrected chi connectivity index (χ2v) is 9.84. The summed E-state index contributed by atoms with van der Waals surface area (Å²) in [6.07, 6.45) is 3.35. The molecule has 0 aliphatic carbocycles. The van der Waals surface area contributed by atoms with Crippen molar-refractivity contribution in [2.45, 2.75) is 38.9 Å². The minimum Gasteiger partial charge on any atom is -0.350 e. The number of hydrogen-bond donors (Lipinski definition) is 1. The van der Waals surface area contributed by atoms with Gasteiger partial charge in [0.05, 0.1) is 16.9 Å². The van der Waals surface area contributed by atoms with E-state index in [1.54, 1.807) is 0 Å². The topological polar surface area (TPSA) is 113 Å². The zero-order valence-electron chi connectivity index (χ0n) is 18.2. The van der Waals surface area contributed by atoms with Crippen LogP contribution in [0.2, 0.25) is 0 Å². The van der Waals surface area contributed by atoms with E-state index >= 15 is 0 Å². The number of nitrogens with one attached hydrogen (secondary N) is 1. The number of nitro groups is 1. The van der Waals surface area contributed by atoms with Crippen LogP contribution in [-0.2, 0) is 27.9 Å². The Bertz CT molecular complexity index is 1080. The summed E-state index contributed by atoms with van der Waals surface area (Å²) < 4.78 is 25.8. The SMILES string of the molecule is CC(C(=O)NCc1ccccc1CN1CCCC1)N(c1cccc([N+](=O)[O-])c1)S(C)(=O)=O. The van der Waals surface area contributed by atoms with Gasteiger partial charge in [0, 0.05) is 25.2 Å². The van der Waals surface area contributed by atoms with Gasteiger partial charge in [0.2, 0.25) is 15.9 Å². The Hall–Kier alpha value is -2.98. The Kier molecular flexibility index (Phi) is 7.47. The van der Waals surface area contributed by atoms with Crippen LogP contribution in [0.5, 0.6) is 0 Å². The fourth-order valence-electron chi connectivity index (χ4n) is 3.95. The van der Waals surface area contributed by atoms with Crippen molar-refractivity contribution >= 4 is 27.3 Å². The van der Waals surface area contributed by atoms with E-state index in [-0.39, 0.29) is 17.9 Å². The molecule has 172 valence electrons. The first kappa shape index (κ1) is 23.7. The predicted molar refractivity (Wildman–Crippen MR) is 123 cm³/mol. The first-order chi connectivity index (χ1) is 15.2. The monoisotopic (exact) mass is 460 g/mol. The highest BCUT2D eigenvalue weighted by Crippen LogP contribution is 2.25. The van der Waals surface area contributed by atoms with Crippen LogP contribution in [0.3, 0.4) is 0 Å². The van der Waals surface area contributed by atoms with Crippen LogP contribution in [0.1, 0.15) is 30.9 Å². The number of anilines is 1. The van der Waals surface area contributed by atoms with E-state index in [1.165, 1.54) is 38.0 Å². The lowest BCUT2D eigenvalue weighted by atomic mass is 10.1. The van der Waals surface area contributed by atoms with Gasteiger partial charge in [-0.1, -0.05) is 30.3 Å². The standard InChI is InChI=1S/C22H28N4O5S/c1-17(25(32(2,30)31)20-10-7-11-21(14-20)26(28)29)22(27)23-15-18-8-3-4-9-19(18)16-24-12-5-6-13-24/h3-4,7-11,14,17H,5-6,12-13,15-16H2,1-2H3,(H,23,27). The zero-order chi connectivity index (χ0) is 23.3. The molecule has 9 nitrogen and oxygen atoms in total. The average Bonchev–Trinajstić information content (AvgIpc) is 3.25. The molecule has 2 aromatic rings. The number of rotatable bonds is 9. The molecule has 0 bridgehead atoms. The highest BCUT2D eigenvalue weighted by atomic mass is 32.2. The van der Waals surface area contributed by atoms with Crippen LogP contribution < -0.4 is 9.62 Å². The molecule has 1 heterocycles. The van der Waals surface area contributed by atoms with Crippen molar-refractivity contribution in [3.63, 3.8) is 0 Å². The molecule has 2 aromatic carbocycles. The normalized spacial score (nSPS) is 15.3. The molecule has 32 heavy (non-hydrogen) atoms. The van der Waals surface area contributed by atoms with Gasteiger partial charge in [-0.3, -0.25) is 24.1 Å². The molecule has 10 heteroatoms. The first-order valence-electron chi connectivity index (χ1n) is 10.5. The van der Waals surface area contributed by atoms with Crippen LogP contribution >= 0.6 is 0 Å². The Morgan fingerprint density at radius 3 is 2.44 bits per heavy atom. The molecule has 3 rings (SSSR count). The van der Waals surface area contributed by atoms with Gasteiger partial charge < -0.3 is 5.32 Å². The molecule has 1 saturated heterocycles. The highest BCUT2D eigenvalue weighted by Gasteiger charge is 2.30. The second kappa shape index (κ2) is 10.1. The highest BCUT2D eigenvalue weighted by molar-refractivity contribution is 7.92. The number of benzene rings is 2. The quantitative estimate of drug-likeness (QED) is 0.455. The zero-order valence-corrected chi connectivity index (χ0v) is 19.0. The third-order valence-corrected chi connectivity index (χ3v) is 6.79. The number of hydrogen-bond acceptors (Lipinski definition) is 6. The van der Waals surface area contributed by atoms with Gasteiger partial charge in [-0.05, 0) is 50.0 Å². The number of nitrogens with zero attached hydrogens (tertiary/aromatic N) is 3. The number of sulfonamides is 1. The number of amides is 1. The van der Waals surface area contributed by atoms with E-state index in [1.807, 2.05) is 24.3 Å². The van der Waals surface area contributed by atoms with Crippen molar-refractivity contribution in [2.24, 2.45) is 0 Å². The van der Waals surface area contributed by atoms with E-state index in [4.69, 9.17) is 0 Å². The summed E-state index contributed by atoms with van der Waals surface area (Å²) in [6.45, 7) is 4.66. The molecule has 0 saturated carbocycles. The van der Waals surface area contributed by atoms with Crippen molar-refractivity contribution in [3.05, 3.63) is 69.8 Å². The summed E-state index contributed by atoms with van der Waals surface area (Å²) >= 11 is 0. The summed E-state index contributed by atoms with van der Waals surface area (Å²) in [5.41, 5.74) is 1.92. The van der Waals surface area contributed by atoms with E-state index in [9.17, 15) is 23.3 Å². The molecule has 1 aliphatic heterocycles. The summed E-state index contributed by atoms with van der Waals surface area (Å²) in [5, 5.41) is 13.9. The first-order valence-corrected chi connectivity index (χ1v) is 12.3. The van der Waals surface area contributed by atoms with Gasteiger partial charge in [-0.25, -0.2) is 8.42 Å². The molecule has 0 aromatic heterocycles. The summed E-state index contributed by atoms with van der Waals surface area (Å²) in [5.74, 6) is -0.488. The fourth-order valence-corrected chi connectivity index (χ4v) is 5.12. The summed E-state index contributed by atoms with van der Waals surface area (Å²) in [4.78, 5) is 25.8. The molecular formula is C22H28N4O5S. The molecule has 0 spiro atoms. The van der Waals surface area contributed by atoms with Crippen LogP contribution in [0.4, 0.5) is 11.4 Å². The molecular weight excluding hydrogens is 432 g/mol. The molecule has 1 aliphatic rings. The maximum atomic E-state index is 12.9. The second-order valence-electron chi connectivity index (χ2n) is 7.98. The Morgan fingerprint density at radius 2 is 1.81 bits per heavy atom. The minimum atomic E-state index is -3.87. The maximum absolute atomic E-state index is 12.9. The molecule has 1 atom stereocenters. The molecule has 1 fully saturated rings. The lowest BCUT2D eigenvalue weighted by molar-refractivity contribution is -0.384. The van der Waals surface area contributed by atoms with Gasteiger partial charge in [0.1, 0.15) is 6.04 Å². The van der Waals surface area contributed by atoms with Gasteiger partial charge in [0.15, 0.2) is 0 Å². The number of non-ortho nitro benzene ring substituents is 1. The van der Waals surface area contributed by atoms with Crippen LogP contribution in [0.15, 0.2) is 48.5 Å². The Balaban J connectivity index is 1.75. The van der Waals surface area contributed by atoms with Gasteiger partial charge in [-0.15, -0.1) is 0 Å². The molecule has 1 unspecified atom stereocenters. The smallest absolute Gasteiger partial charge is 0.271 e. The van der Waals surface area contributed by atoms with Gasteiger partial charge in [0.25, 0.3) is 5.69 Å². The van der Waals surface area contributed by atoms with Crippen molar-refractivity contribution in [3.8, 4) is 0 Å². The third-order valence-electron chi connectivity index (χ3n) is 5.55. The lowest BCUT2D eigenvalue weighted by Gasteiger charge is -2.28. The maximum Gasteiger partial charge on any atom is 0.271 e. The van der Waals surface area contributed by atoms with Crippen LogP contribution in [0.25, 0.3) is 0 Å². The van der Waals surface area contributed by atoms with Crippen molar-refractivity contribution in [1.29, 1.82) is 0 Å². The lowest BCUT2D eigenvalue weighted by Crippen LogP contribution is -2.47.